The molecule has 1 aromatic heterocycles. The van der Waals surface area contributed by atoms with Crippen LogP contribution < -0.4 is 4.90 Å². The lowest BCUT2D eigenvalue weighted by atomic mass is 10.1. The van der Waals surface area contributed by atoms with Gasteiger partial charge in [-0.15, -0.1) is 5.10 Å². The number of hydrogen-bond donors (Lipinski definition) is 2. The molecule has 0 saturated carbocycles. The van der Waals surface area contributed by atoms with Crippen LogP contribution in [0.1, 0.15) is 18.5 Å². The Balaban J connectivity index is 2.03. The predicted molar refractivity (Wildman–Crippen MR) is 55.4 cm³/mol. The SMILES string of the molecule is OCc1ccc(N2CCC(O)CC2)nn1. The average molecular weight is 209 g/mol. The van der Waals surface area contributed by atoms with E-state index in [4.69, 9.17) is 5.11 Å². The zero-order valence-corrected chi connectivity index (χ0v) is 8.50. The Labute approximate surface area is 88.4 Å². The summed E-state index contributed by atoms with van der Waals surface area (Å²) in [5.74, 6) is 0.819. The summed E-state index contributed by atoms with van der Waals surface area (Å²) in [5, 5.41) is 26.1. The average Bonchev–Trinajstić information content (AvgIpc) is 2.30. The van der Waals surface area contributed by atoms with E-state index in [0.29, 0.717) is 5.69 Å². The molecule has 1 aliphatic rings. The molecule has 15 heavy (non-hydrogen) atoms. The van der Waals surface area contributed by atoms with Crippen molar-refractivity contribution >= 4 is 5.82 Å². The summed E-state index contributed by atoms with van der Waals surface area (Å²) in [5.41, 5.74) is 0.579. The van der Waals surface area contributed by atoms with Crippen molar-refractivity contribution in [3.8, 4) is 0 Å². The lowest BCUT2D eigenvalue weighted by Gasteiger charge is -2.30. The molecule has 0 aromatic carbocycles. The summed E-state index contributed by atoms with van der Waals surface area (Å²) in [6.45, 7) is 1.55. The number of aromatic nitrogens is 2. The fourth-order valence-electron chi connectivity index (χ4n) is 1.70. The van der Waals surface area contributed by atoms with Crippen LogP contribution in [0.4, 0.5) is 5.82 Å². The van der Waals surface area contributed by atoms with Crippen LogP contribution in [0.5, 0.6) is 0 Å². The minimum absolute atomic E-state index is 0.0774. The molecule has 1 aliphatic heterocycles. The molecule has 0 atom stereocenters. The number of piperidine rings is 1. The highest BCUT2D eigenvalue weighted by Crippen LogP contribution is 2.16. The van der Waals surface area contributed by atoms with Crippen LogP contribution >= 0.6 is 0 Å². The topological polar surface area (TPSA) is 69.5 Å². The van der Waals surface area contributed by atoms with Gasteiger partial charge in [-0.1, -0.05) is 0 Å². The van der Waals surface area contributed by atoms with Crippen molar-refractivity contribution in [2.45, 2.75) is 25.6 Å². The van der Waals surface area contributed by atoms with E-state index in [1.165, 1.54) is 0 Å². The van der Waals surface area contributed by atoms with Gasteiger partial charge in [0.1, 0.15) is 0 Å². The Morgan fingerprint density at radius 1 is 1.27 bits per heavy atom. The monoisotopic (exact) mass is 209 g/mol. The van der Waals surface area contributed by atoms with Gasteiger partial charge >= 0.3 is 0 Å². The highest BCUT2D eigenvalue weighted by Gasteiger charge is 2.18. The van der Waals surface area contributed by atoms with Gasteiger partial charge < -0.3 is 15.1 Å². The fraction of sp³-hybridized carbons (Fsp3) is 0.600. The third kappa shape index (κ3) is 2.43. The second-order valence-corrected chi connectivity index (χ2v) is 3.76. The molecule has 0 amide bonds. The number of rotatable bonds is 2. The van der Waals surface area contributed by atoms with Gasteiger partial charge in [-0.3, -0.25) is 0 Å². The van der Waals surface area contributed by atoms with Gasteiger partial charge in [0.2, 0.25) is 0 Å². The van der Waals surface area contributed by atoms with Crippen molar-refractivity contribution in [3.63, 3.8) is 0 Å². The predicted octanol–water partition coefficient (Wildman–Crippen LogP) is -0.0700. The first kappa shape index (κ1) is 10.3. The van der Waals surface area contributed by atoms with E-state index in [9.17, 15) is 5.11 Å². The van der Waals surface area contributed by atoms with Gasteiger partial charge in [0.15, 0.2) is 5.82 Å². The van der Waals surface area contributed by atoms with Gasteiger partial charge in [-0.2, -0.15) is 5.10 Å². The molecule has 1 aromatic rings. The van der Waals surface area contributed by atoms with Crippen molar-refractivity contribution in [2.75, 3.05) is 18.0 Å². The highest BCUT2D eigenvalue weighted by molar-refractivity contribution is 5.37. The Kier molecular flexibility index (Phi) is 3.13. The van der Waals surface area contributed by atoms with Crippen molar-refractivity contribution in [2.24, 2.45) is 0 Å². The largest absolute Gasteiger partial charge is 0.393 e. The summed E-state index contributed by atoms with van der Waals surface area (Å²) >= 11 is 0. The molecular formula is C10H15N3O2. The quantitative estimate of drug-likeness (QED) is 0.713. The number of anilines is 1. The van der Waals surface area contributed by atoms with E-state index < -0.39 is 0 Å². The van der Waals surface area contributed by atoms with Gasteiger partial charge in [0.25, 0.3) is 0 Å². The normalized spacial score (nSPS) is 18.1. The molecule has 2 rings (SSSR count). The van der Waals surface area contributed by atoms with Crippen LogP contribution in [-0.2, 0) is 6.61 Å². The second kappa shape index (κ2) is 4.55. The molecule has 0 unspecified atom stereocenters. The Morgan fingerprint density at radius 2 is 2.00 bits per heavy atom. The van der Waals surface area contributed by atoms with Crippen LogP contribution in [0.15, 0.2) is 12.1 Å². The van der Waals surface area contributed by atoms with Crippen molar-refractivity contribution in [1.29, 1.82) is 0 Å². The summed E-state index contributed by atoms with van der Waals surface area (Å²) < 4.78 is 0. The maximum absolute atomic E-state index is 9.36. The number of hydrogen-bond acceptors (Lipinski definition) is 5. The smallest absolute Gasteiger partial charge is 0.151 e. The maximum Gasteiger partial charge on any atom is 0.151 e. The van der Waals surface area contributed by atoms with Crippen LogP contribution in [-0.4, -0.2) is 39.6 Å². The third-order valence-corrected chi connectivity index (χ3v) is 2.66. The Morgan fingerprint density at radius 3 is 2.53 bits per heavy atom. The van der Waals surface area contributed by atoms with Crippen LogP contribution in [0.3, 0.4) is 0 Å². The zero-order valence-electron chi connectivity index (χ0n) is 8.50. The molecule has 82 valence electrons. The van der Waals surface area contributed by atoms with E-state index in [1.54, 1.807) is 6.07 Å². The molecule has 1 fully saturated rings. The first-order valence-electron chi connectivity index (χ1n) is 5.16. The van der Waals surface area contributed by atoms with Crippen molar-refractivity contribution in [3.05, 3.63) is 17.8 Å². The molecule has 2 N–H and O–H groups in total. The molecular weight excluding hydrogens is 194 g/mol. The fourth-order valence-corrected chi connectivity index (χ4v) is 1.70. The summed E-state index contributed by atoms with van der Waals surface area (Å²) in [4.78, 5) is 2.10. The Bertz CT molecular complexity index is 307. The van der Waals surface area contributed by atoms with Gasteiger partial charge in [-0.25, -0.2) is 0 Å². The van der Waals surface area contributed by atoms with E-state index in [-0.39, 0.29) is 12.7 Å². The van der Waals surface area contributed by atoms with Gasteiger partial charge in [0.05, 0.1) is 18.4 Å². The summed E-state index contributed by atoms with van der Waals surface area (Å²) in [6.07, 6.45) is 1.39. The Hall–Kier alpha value is -1.20. The minimum Gasteiger partial charge on any atom is -0.393 e. The molecule has 0 bridgehead atoms. The zero-order chi connectivity index (χ0) is 10.7. The van der Waals surface area contributed by atoms with Crippen LogP contribution in [0.2, 0.25) is 0 Å². The van der Waals surface area contributed by atoms with Crippen molar-refractivity contribution in [1.82, 2.24) is 10.2 Å². The molecule has 5 nitrogen and oxygen atoms in total. The molecule has 5 heteroatoms. The van der Waals surface area contributed by atoms with E-state index in [2.05, 4.69) is 15.1 Å². The highest BCUT2D eigenvalue weighted by atomic mass is 16.3. The molecule has 0 aliphatic carbocycles. The molecule has 0 spiro atoms. The first-order chi connectivity index (χ1) is 7.29. The standard InChI is InChI=1S/C10H15N3O2/c14-7-8-1-2-10(12-11-8)13-5-3-9(15)4-6-13/h1-2,9,14-15H,3-7H2. The lowest BCUT2D eigenvalue weighted by molar-refractivity contribution is 0.145. The number of aliphatic hydroxyl groups excluding tert-OH is 2. The van der Waals surface area contributed by atoms with Crippen LogP contribution in [0.25, 0.3) is 0 Å². The molecule has 1 saturated heterocycles. The molecule has 0 radical (unpaired) electrons. The van der Waals surface area contributed by atoms with E-state index >= 15 is 0 Å². The van der Waals surface area contributed by atoms with Crippen LogP contribution in [0, 0.1) is 0 Å². The van der Waals surface area contributed by atoms with E-state index in [0.717, 1.165) is 31.7 Å². The summed E-state index contributed by atoms with van der Waals surface area (Å²) in [6, 6.07) is 3.63. The number of nitrogens with zero attached hydrogens (tertiary/aromatic N) is 3. The van der Waals surface area contributed by atoms with Gasteiger partial charge in [-0.05, 0) is 25.0 Å². The summed E-state index contributed by atoms with van der Waals surface area (Å²) in [7, 11) is 0. The first-order valence-corrected chi connectivity index (χ1v) is 5.16. The second-order valence-electron chi connectivity index (χ2n) is 3.76. The molecule has 2 heterocycles. The van der Waals surface area contributed by atoms with Crippen molar-refractivity contribution < 1.29 is 10.2 Å². The maximum atomic E-state index is 9.36. The third-order valence-electron chi connectivity index (χ3n) is 2.66. The minimum atomic E-state index is -0.175. The lowest BCUT2D eigenvalue weighted by Crippen LogP contribution is -2.36. The van der Waals surface area contributed by atoms with E-state index in [1.807, 2.05) is 6.07 Å². The number of aliphatic hydroxyl groups is 2. The van der Waals surface area contributed by atoms with Gasteiger partial charge in [0, 0.05) is 13.1 Å².